The van der Waals surface area contributed by atoms with Gasteiger partial charge in [-0.1, -0.05) is 36.4 Å². The van der Waals surface area contributed by atoms with Crippen LogP contribution in [0.4, 0.5) is 0 Å². The average molecular weight is 154 g/mol. The summed E-state index contributed by atoms with van der Waals surface area (Å²) in [4.78, 5) is 0. The Kier molecular flexibility index (Phi) is 1.83. The van der Waals surface area contributed by atoms with E-state index in [1.54, 1.807) is 0 Å². The Morgan fingerprint density at radius 1 is 1.08 bits per heavy atom. The molecule has 0 amide bonds. The van der Waals surface area contributed by atoms with Gasteiger partial charge in [0.15, 0.2) is 0 Å². The number of hydrogen-bond donors (Lipinski definition) is 0. The summed E-state index contributed by atoms with van der Waals surface area (Å²) in [5.41, 5.74) is 1.17. The molecule has 0 aliphatic carbocycles. The van der Waals surface area contributed by atoms with Gasteiger partial charge < -0.3 is 0 Å². The van der Waals surface area contributed by atoms with E-state index in [0.717, 1.165) is 6.42 Å². The molecule has 0 saturated heterocycles. The van der Waals surface area contributed by atoms with Crippen LogP contribution in [-0.4, -0.2) is 0 Å². The molecule has 2 aromatic rings. The van der Waals surface area contributed by atoms with Crippen molar-refractivity contribution in [1.29, 1.82) is 0 Å². The summed E-state index contributed by atoms with van der Waals surface area (Å²) in [5.74, 6) is 0. The topological polar surface area (TPSA) is 0 Å². The predicted molar refractivity (Wildman–Crippen MR) is 51.8 cm³/mol. The lowest BCUT2D eigenvalue weighted by Gasteiger charge is -1.98. The average Bonchev–Trinajstić information content (AvgIpc) is 2.17. The van der Waals surface area contributed by atoms with E-state index in [9.17, 15) is 0 Å². The van der Waals surface area contributed by atoms with Gasteiger partial charge in [0.05, 0.1) is 0 Å². The van der Waals surface area contributed by atoms with Crippen LogP contribution in [-0.2, 0) is 6.42 Å². The second-order valence-electron chi connectivity index (χ2n) is 2.82. The predicted octanol–water partition coefficient (Wildman–Crippen LogP) is 3.02. The van der Waals surface area contributed by atoms with Crippen molar-refractivity contribution < 1.29 is 0 Å². The van der Waals surface area contributed by atoms with Crippen molar-refractivity contribution in [3.8, 4) is 0 Å². The van der Waals surface area contributed by atoms with Crippen LogP contribution in [0.2, 0.25) is 0 Å². The molecule has 0 unspecified atom stereocenters. The smallest absolute Gasteiger partial charge is 0.00643 e. The first-order chi connectivity index (χ1) is 5.90. The molecule has 2 aromatic carbocycles. The van der Waals surface area contributed by atoms with Gasteiger partial charge >= 0.3 is 0 Å². The Morgan fingerprint density at radius 3 is 2.75 bits per heavy atom. The van der Waals surface area contributed by atoms with Gasteiger partial charge in [-0.25, -0.2) is 0 Å². The number of benzene rings is 2. The van der Waals surface area contributed by atoms with Crippen LogP contribution in [0.1, 0.15) is 5.56 Å². The molecule has 58 valence electrons. The molecule has 2 rings (SSSR count). The summed E-state index contributed by atoms with van der Waals surface area (Å²) in [6, 6.07) is 15.8. The summed E-state index contributed by atoms with van der Waals surface area (Å²) in [6.45, 7) is 3.83. The van der Waals surface area contributed by atoms with E-state index in [4.69, 9.17) is 0 Å². The lowest BCUT2D eigenvalue weighted by atomic mass is 10.1. The third-order valence-corrected chi connectivity index (χ3v) is 1.99. The van der Waals surface area contributed by atoms with E-state index >= 15 is 0 Å². The van der Waals surface area contributed by atoms with E-state index in [1.165, 1.54) is 16.3 Å². The second kappa shape index (κ2) is 2.98. The standard InChI is InChI=1S/C12H10/c1-2-10-7-8-11-5-3-4-6-12(11)9-10/h3-8H,1-2H2. The van der Waals surface area contributed by atoms with Gasteiger partial charge in [-0.2, -0.15) is 0 Å². The minimum Gasteiger partial charge on any atom is -0.0616 e. The number of rotatable bonds is 1. The van der Waals surface area contributed by atoms with Crippen LogP contribution in [0, 0.1) is 13.0 Å². The van der Waals surface area contributed by atoms with E-state index in [-0.39, 0.29) is 0 Å². The first kappa shape index (κ1) is 7.35. The molecule has 0 bridgehead atoms. The highest BCUT2D eigenvalue weighted by molar-refractivity contribution is 5.82. The molecule has 2 radical (unpaired) electrons. The van der Waals surface area contributed by atoms with Crippen molar-refractivity contribution >= 4 is 10.8 Å². The van der Waals surface area contributed by atoms with Crippen LogP contribution in [0.5, 0.6) is 0 Å². The minimum atomic E-state index is 0.810. The Morgan fingerprint density at radius 2 is 1.92 bits per heavy atom. The Balaban J connectivity index is 2.67. The number of hydrogen-bond acceptors (Lipinski definition) is 0. The van der Waals surface area contributed by atoms with Crippen LogP contribution < -0.4 is 0 Å². The zero-order valence-electron chi connectivity index (χ0n) is 6.88. The first-order valence-corrected chi connectivity index (χ1v) is 4.09. The quantitative estimate of drug-likeness (QED) is 0.592. The lowest BCUT2D eigenvalue weighted by molar-refractivity contribution is 1.28. The maximum Gasteiger partial charge on any atom is -0.00643 e. The molecule has 0 atom stereocenters. The molecule has 0 heteroatoms. The summed E-state index contributed by atoms with van der Waals surface area (Å²) < 4.78 is 0. The third kappa shape index (κ3) is 1.20. The van der Waals surface area contributed by atoms with Crippen molar-refractivity contribution in [1.82, 2.24) is 0 Å². The molecule has 12 heavy (non-hydrogen) atoms. The normalized spacial score (nSPS) is 10.4. The highest BCUT2D eigenvalue weighted by atomic mass is 14.0. The van der Waals surface area contributed by atoms with E-state index in [2.05, 4.69) is 37.3 Å². The molecule has 0 aliphatic heterocycles. The fourth-order valence-corrected chi connectivity index (χ4v) is 1.31. The summed E-state index contributed by atoms with van der Waals surface area (Å²) in [6.07, 6.45) is 0.810. The van der Waals surface area contributed by atoms with E-state index in [1.807, 2.05) is 12.1 Å². The Labute approximate surface area is 72.8 Å². The maximum absolute atomic E-state index is 3.83. The molecule has 0 fully saturated rings. The molecule has 0 aliphatic rings. The Bertz CT molecular complexity index is 388. The van der Waals surface area contributed by atoms with Crippen molar-refractivity contribution in [3.05, 3.63) is 55.0 Å². The molecule has 0 N–H and O–H groups in total. The van der Waals surface area contributed by atoms with Crippen LogP contribution in [0.3, 0.4) is 0 Å². The number of fused-ring (bicyclic) bond motifs is 1. The van der Waals surface area contributed by atoms with Gasteiger partial charge in [0.2, 0.25) is 0 Å². The highest BCUT2D eigenvalue weighted by Gasteiger charge is 1.93. The van der Waals surface area contributed by atoms with Gasteiger partial charge in [0, 0.05) is 0 Å². The molecule has 0 saturated carbocycles. The molecule has 0 spiro atoms. The van der Waals surface area contributed by atoms with Gasteiger partial charge in [-0.3, -0.25) is 0 Å². The molecular weight excluding hydrogens is 144 g/mol. The SMILES string of the molecule is [CH2]Cc1[c]c2ccccc2cc1. The van der Waals surface area contributed by atoms with Crippen LogP contribution >= 0.6 is 0 Å². The lowest BCUT2D eigenvalue weighted by Crippen LogP contribution is -1.80. The molecular formula is C12H10. The summed E-state index contributed by atoms with van der Waals surface area (Å²) >= 11 is 0. The molecule has 0 heterocycles. The third-order valence-electron chi connectivity index (χ3n) is 1.99. The monoisotopic (exact) mass is 154 g/mol. The highest BCUT2D eigenvalue weighted by Crippen LogP contribution is 2.14. The maximum atomic E-state index is 3.83. The fourth-order valence-electron chi connectivity index (χ4n) is 1.31. The van der Waals surface area contributed by atoms with Gasteiger partial charge in [-0.15, -0.1) is 0 Å². The zero-order chi connectivity index (χ0) is 8.39. The first-order valence-electron chi connectivity index (χ1n) is 4.09. The van der Waals surface area contributed by atoms with E-state index in [0.29, 0.717) is 0 Å². The van der Waals surface area contributed by atoms with Crippen molar-refractivity contribution in [2.45, 2.75) is 6.42 Å². The van der Waals surface area contributed by atoms with E-state index < -0.39 is 0 Å². The Hall–Kier alpha value is -1.30. The summed E-state index contributed by atoms with van der Waals surface area (Å²) in [7, 11) is 0. The van der Waals surface area contributed by atoms with Crippen molar-refractivity contribution in [2.75, 3.05) is 0 Å². The van der Waals surface area contributed by atoms with Crippen molar-refractivity contribution in [3.63, 3.8) is 0 Å². The largest absolute Gasteiger partial charge is 0.0616 e. The minimum absolute atomic E-state index is 0.810. The second-order valence-corrected chi connectivity index (χ2v) is 2.82. The van der Waals surface area contributed by atoms with Crippen molar-refractivity contribution in [2.24, 2.45) is 0 Å². The van der Waals surface area contributed by atoms with Gasteiger partial charge in [0.25, 0.3) is 0 Å². The van der Waals surface area contributed by atoms with Gasteiger partial charge in [0.1, 0.15) is 0 Å². The van der Waals surface area contributed by atoms with Gasteiger partial charge in [-0.05, 0) is 35.7 Å². The fraction of sp³-hybridized carbons (Fsp3) is 0.0833. The van der Waals surface area contributed by atoms with Crippen LogP contribution in [0.15, 0.2) is 36.4 Å². The molecule has 0 nitrogen and oxygen atoms in total. The van der Waals surface area contributed by atoms with Crippen LogP contribution in [0.25, 0.3) is 10.8 Å². The molecule has 0 aromatic heterocycles. The zero-order valence-corrected chi connectivity index (χ0v) is 6.88. The summed E-state index contributed by atoms with van der Waals surface area (Å²) in [5, 5.41) is 2.42.